The molecule has 0 saturated carbocycles. The lowest BCUT2D eigenvalue weighted by Crippen LogP contribution is -2.04. The molecule has 8 aromatic carbocycles. The Morgan fingerprint density at radius 3 is 1.52 bits per heavy atom. The van der Waals surface area contributed by atoms with Gasteiger partial charge >= 0.3 is 0 Å². The van der Waals surface area contributed by atoms with E-state index in [0.29, 0.717) is 34.5 Å². The zero-order valence-corrected chi connectivity index (χ0v) is 34.7. The summed E-state index contributed by atoms with van der Waals surface area (Å²) in [5.74, 6) is 2.14. The monoisotopic (exact) mass is 830 g/mol. The molecule has 11 aromatic rings. The highest BCUT2D eigenvalue weighted by Gasteiger charge is 2.22. The Labute approximate surface area is 374 Å². The molecule has 65 heavy (non-hydrogen) atoms. The highest BCUT2D eigenvalue weighted by atomic mass is 15.1. The Kier molecular flexibility index (Phi) is 9.78. The normalized spacial score (nSPS) is 11.0. The molecule has 0 aliphatic rings. The van der Waals surface area contributed by atoms with E-state index in [1.807, 2.05) is 133 Å². The molecule has 0 saturated heterocycles. The SMILES string of the molecule is [C-]#[N+]c1cc(C#N)cc(-c2ccc3c(c2)c2ccccc2n3-c2ccc(-c3nc(-c4ccccc4)cc(-c4ccccc4)n3)cc2-c2nc(-c3ccccc3)nc(-c3ccccc3)n2)c1. The van der Waals surface area contributed by atoms with Crippen molar-refractivity contribution in [2.45, 2.75) is 0 Å². The molecular formula is C57H34N8. The fourth-order valence-corrected chi connectivity index (χ4v) is 8.39. The van der Waals surface area contributed by atoms with Crippen LogP contribution in [0.5, 0.6) is 0 Å². The zero-order chi connectivity index (χ0) is 43.7. The maximum Gasteiger partial charge on any atom is 0.189 e. The lowest BCUT2D eigenvalue weighted by Gasteiger charge is -2.16. The minimum absolute atomic E-state index is 0.419. The summed E-state index contributed by atoms with van der Waals surface area (Å²) in [6.45, 7) is 7.69. The zero-order valence-electron chi connectivity index (χ0n) is 34.7. The molecule has 8 nitrogen and oxygen atoms in total. The van der Waals surface area contributed by atoms with Gasteiger partial charge < -0.3 is 4.57 Å². The molecule has 0 radical (unpaired) electrons. The Morgan fingerprint density at radius 2 is 0.923 bits per heavy atom. The van der Waals surface area contributed by atoms with Crippen molar-refractivity contribution >= 4 is 27.5 Å². The standard InChI is InChI=1S/C57H34N8/c1-59-45-31-37(36-58)30-44(32-45)42-26-28-52-47(33-42)46-24-14-15-25-51(46)65(52)53-29-27-43(56-60-49(38-16-6-2-7-17-38)35-50(61-56)39-18-8-3-9-19-39)34-48(53)57-63-54(40-20-10-4-11-21-40)62-55(64-57)41-22-12-5-13-23-41/h2-35H. The molecule has 0 fully saturated rings. The van der Waals surface area contributed by atoms with Crippen molar-refractivity contribution < 1.29 is 0 Å². The number of hydrogen-bond acceptors (Lipinski definition) is 6. The number of nitrogens with zero attached hydrogens (tertiary/aromatic N) is 8. The second-order valence-corrected chi connectivity index (χ2v) is 15.5. The van der Waals surface area contributed by atoms with Crippen molar-refractivity contribution in [3.05, 3.63) is 223 Å². The van der Waals surface area contributed by atoms with Crippen molar-refractivity contribution in [1.29, 1.82) is 5.26 Å². The molecule has 0 bridgehead atoms. The fourth-order valence-electron chi connectivity index (χ4n) is 8.39. The van der Waals surface area contributed by atoms with E-state index in [9.17, 15) is 5.26 Å². The number of para-hydroxylation sites is 1. The van der Waals surface area contributed by atoms with Gasteiger partial charge in [-0.25, -0.2) is 29.8 Å². The lowest BCUT2D eigenvalue weighted by molar-refractivity contribution is 1.06. The van der Waals surface area contributed by atoms with Crippen LogP contribution in [0, 0.1) is 17.9 Å². The fraction of sp³-hybridized carbons (Fsp3) is 0. The second-order valence-electron chi connectivity index (χ2n) is 15.5. The maximum absolute atomic E-state index is 9.80. The average Bonchev–Trinajstić information content (AvgIpc) is 3.72. The van der Waals surface area contributed by atoms with Gasteiger partial charge in [-0.05, 0) is 71.8 Å². The molecule has 302 valence electrons. The maximum atomic E-state index is 9.80. The molecule has 8 heteroatoms. The van der Waals surface area contributed by atoms with E-state index in [1.54, 1.807) is 6.07 Å². The van der Waals surface area contributed by atoms with Crippen LogP contribution >= 0.6 is 0 Å². The summed E-state index contributed by atoms with van der Waals surface area (Å²) in [7, 11) is 0. The summed E-state index contributed by atoms with van der Waals surface area (Å²) in [6.07, 6.45) is 0. The number of rotatable bonds is 8. The number of nitriles is 1. The predicted molar refractivity (Wildman–Crippen MR) is 259 cm³/mol. The first-order valence-electron chi connectivity index (χ1n) is 21.1. The smallest absolute Gasteiger partial charge is 0.189 e. The minimum atomic E-state index is 0.419. The third kappa shape index (κ3) is 7.34. The minimum Gasteiger partial charge on any atom is -0.309 e. The first-order chi connectivity index (χ1) is 32.1. The van der Waals surface area contributed by atoms with Crippen molar-refractivity contribution in [2.75, 3.05) is 0 Å². The number of aromatic nitrogens is 6. The van der Waals surface area contributed by atoms with Gasteiger partial charge in [0.2, 0.25) is 0 Å². The van der Waals surface area contributed by atoms with E-state index in [1.165, 1.54) is 0 Å². The molecular weight excluding hydrogens is 797 g/mol. The molecule has 0 aliphatic carbocycles. The lowest BCUT2D eigenvalue weighted by atomic mass is 10.00. The third-order valence-corrected chi connectivity index (χ3v) is 11.5. The van der Waals surface area contributed by atoms with Crippen LogP contribution in [0.1, 0.15) is 5.56 Å². The van der Waals surface area contributed by atoms with Gasteiger partial charge in [0.15, 0.2) is 29.0 Å². The third-order valence-electron chi connectivity index (χ3n) is 11.5. The molecule has 0 spiro atoms. The molecule has 0 atom stereocenters. The van der Waals surface area contributed by atoms with Gasteiger partial charge in [0.1, 0.15) is 0 Å². The van der Waals surface area contributed by atoms with Gasteiger partial charge in [-0.3, -0.25) is 0 Å². The van der Waals surface area contributed by atoms with Crippen molar-refractivity contribution in [3.63, 3.8) is 0 Å². The molecule has 0 N–H and O–H groups in total. The molecule has 3 heterocycles. The van der Waals surface area contributed by atoms with Crippen LogP contribution in [-0.4, -0.2) is 29.5 Å². The van der Waals surface area contributed by atoms with Crippen molar-refractivity contribution in [1.82, 2.24) is 29.5 Å². The Balaban J connectivity index is 1.19. The summed E-state index contributed by atoms with van der Waals surface area (Å²) in [5.41, 5.74) is 12.2. The van der Waals surface area contributed by atoms with E-state index >= 15 is 0 Å². The van der Waals surface area contributed by atoms with Gasteiger partial charge in [-0.15, -0.1) is 0 Å². The Bertz CT molecular complexity index is 3520. The molecule has 3 aromatic heterocycles. The summed E-state index contributed by atoms with van der Waals surface area (Å²) in [6, 6.07) is 70.7. The van der Waals surface area contributed by atoms with E-state index in [0.717, 1.165) is 83.4 Å². The van der Waals surface area contributed by atoms with Crippen LogP contribution in [0.4, 0.5) is 5.69 Å². The van der Waals surface area contributed by atoms with E-state index in [-0.39, 0.29) is 0 Å². The Morgan fingerprint density at radius 1 is 0.400 bits per heavy atom. The van der Waals surface area contributed by atoms with E-state index < -0.39 is 0 Å². The van der Waals surface area contributed by atoms with Crippen molar-refractivity contribution in [3.8, 4) is 90.9 Å². The highest BCUT2D eigenvalue weighted by molar-refractivity contribution is 6.11. The van der Waals surface area contributed by atoms with Crippen LogP contribution in [-0.2, 0) is 0 Å². The summed E-state index contributed by atoms with van der Waals surface area (Å²) in [4.78, 5) is 29.6. The first-order valence-corrected chi connectivity index (χ1v) is 21.1. The van der Waals surface area contributed by atoms with Crippen LogP contribution in [0.15, 0.2) is 206 Å². The molecule has 0 amide bonds. The quantitative estimate of drug-likeness (QED) is 0.141. The van der Waals surface area contributed by atoms with Gasteiger partial charge in [0.05, 0.1) is 40.8 Å². The van der Waals surface area contributed by atoms with Crippen LogP contribution in [0.3, 0.4) is 0 Å². The van der Waals surface area contributed by atoms with Crippen LogP contribution in [0.2, 0.25) is 0 Å². The molecule has 0 unspecified atom stereocenters. The number of hydrogen-bond donors (Lipinski definition) is 0. The van der Waals surface area contributed by atoms with Crippen LogP contribution in [0.25, 0.3) is 112 Å². The van der Waals surface area contributed by atoms with Crippen LogP contribution < -0.4 is 0 Å². The number of fused-ring (bicyclic) bond motifs is 3. The largest absolute Gasteiger partial charge is 0.309 e. The second kappa shape index (κ2) is 16.5. The first kappa shape index (κ1) is 38.5. The topological polar surface area (TPSA) is 97.5 Å². The van der Waals surface area contributed by atoms with Crippen molar-refractivity contribution in [2.24, 2.45) is 0 Å². The van der Waals surface area contributed by atoms with Gasteiger partial charge in [-0.2, -0.15) is 5.26 Å². The summed E-state index contributed by atoms with van der Waals surface area (Å²) >= 11 is 0. The highest BCUT2D eigenvalue weighted by Crippen LogP contribution is 2.40. The summed E-state index contributed by atoms with van der Waals surface area (Å²) < 4.78 is 2.26. The predicted octanol–water partition coefficient (Wildman–Crippen LogP) is 13.9. The molecule has 11 rings (SSSR count). The van der Waals surface area contributed by atoms with E-state index in [4.69, 9.17) is 31.5 Å². The van der Waals surface area contributed by atoms with Gasteiger partial charge in [0, 0.05) is 49.7 Å². The molecule has 0 aliphatic heterocycles. The van der Waals surface area contributed by atoms with E-state index in [2.05, 4.69) is 82.2 Å². The average molecular weight is 831 g/mol. The number of benzene rings is 8. The Hall–Kier alpha value is -9.37. The summed E-state index contributed by atoms with van der Waals surface area (Å²) in [5, 5.41) is 11.9. The van der Waals surface area contributed by atoms with Gasteiger partial charge in [-0.1, -0.05) is 146 Å². The van der Waals surface area contributed by atoms with Gasteiger partial charge in [0.25, 0.3) is 0 Å².